The first-order chi connectivity index (χ1) is 10.0. The average molecular weight is 290 g/mol. The van der Waals surface area contributed by atoms with Crippen molar-refractivity contribution in [2.75, 3.05) is 0 Å². The summed E-state index contributed by atoms with van der Waals surface area (Å²) in [7, 11) is 0. The Bertz CT molecular complexity index is 902. The molecule has 3 rings (SSSR count). The molecule has 0 saturated heterocycles. The maximum Gasteiger partial charge on any atom is 0.511 e. The van der Waals surface area contributed by atoms with E-state index in [0.29, 0.717) is 0 Å². The van der Waals surface area contributed by atoms with Gasteiger partial charge >= 0.3 is 6.16 Å². The summed E-state index contributed by atoms with van der Waals surface area (Å²) in [6.45, 7) is 0. The number of ether oxygens (including phenoxy) is 1. The lowest BCUT2D eigenvalue weighted by Crippen LogP contribution is -2.14. The summed E-state index contributed by atoms with van der Waals surface area (Å²) in [5.41, 5.74) is -0.641. The molecule has 0 fully saturated rings. The van der Waals surface area contributed by atoms with E-state index in [1.807, 2.05) is 0 Å². The highest BCUT2D eigenvalue weighted by atomic mass is 19.1. The molecule has 8 nitrogen and oxygen atoms in total. The van der Waals surface area contributed by atoms with Gasteiger partial charge < -0.3 is 9.84 Å². The number of fused-ring (bicyclic) bond motifs is 1. The van der Waals surface area contributed by atoms with E-state index in [2.05, 4.69) is 19.8 Å². The van der Waals surface area contributed by atoms with Crippen LogP contribution in [0.4, 0.5) is 9.18 Å². The molecule has 0 aliphatic heterocycles. The van der Waals surface area contributed by atoms with Crippen molar-refractivity contribution in [2.24, 2.45) is 0 Å². The maximum atomic E-state index is 13.7. The smallest absolute Gasteiger partial charge is 0.449 e. The molecule has 106 valence electrons. The molecule has 2 heterocycles. The Hall–Kier alpha value is -3.23. The highest BCUT2D eigenvalue weighted by Gasteiger charge is 2.11. The number of para-hydroxylation sites is 1. The highest BCUT2D eigenvalue weighted by Crippen LogP contribution is 2.14. The van der Waals surface area contributed by atoms with Crippen molar-refractivity contribution < 1.29 is 19.0 Å². The number of benzene rings is 1. The second-order valence-electron chi connectivity index (χ2n) is 4.01. The van der Waals surface area contributed by atoms with E-state index in [9.17, 15) is 14.0 Å². The van der Waals surface area contributed by atoms with E-state index >= 15 is 0 Å². The Kier molecular flexibility index (Phi) is 2.87. The topological polar surface area (TPSA) is 110 Å². The van der Waals surface area contributed by atoms with Gasteiger partial charge in [-0.15, -0.1) is 0 Å². The lowest BCUT2D eigenvalue weighted by atomic mass is 10.2. The summed E-state index contributed by atoms with van der Waals surface area (Å²) < 4.78 is 19.2. The van der Waals surface area contributed by atoms with Gasteiger partial charge in [-0.05, 0) is 12.1 Å². The van der Waals surface area contributed by atoms with Gasteiger partial charge in [0.2, 0.25) is 5.95 Å². The van der Waals surface area contributed by atoms with Crippen LogP contribution in [-0.2, 0) is 0 Å². The summed E-state index contributed by atoms with van der Waals surface area (Å²) in [4.78, 5) is 28.7. The Labute approximate surface area is 115 Å². The number of nitrogens with zero attached hydrogens (tertiary/aromatic N) is 3. The minimum Gasteiger partial charge on any atom is -0.449 e. The zero-order valence-electron chi connectivity index (χ0n) is 10.3. The Morgan fingerprint density at radius 1 is 1.43 bits per heavy atom. The molecule has 0 unspecified atom stereocenters. The molecule has 1 aromatic carbocycles. The first-order valence-electron chi connectivity index (χ1n) is 5.69. The Morgan fingerprint density at radius 3 is 3.00 bits per heavy atom. The monoisotopic (exact) mass is 290 g/mol. The van der Waals surface area contributed by atoms with E-state index in [1.54, 1.807) is 0 Å². The maximum absolute atomic E-state index is 13.7. The molecular formula is C12H7FN4O4. The number of aromatic nitrogens is 4. The van der Waals surface area contributed by atoms with Crippen LogP contribution in [0, 0.1) is 5.82 Å². The van der Waals surface area contributed by atoms with Crippen LogP contribution in [0.5, 0.6) is 5.75 Å². The van der Waals surface area contributed by atoms with Gasteiger partial charge in [0.15, 0.2) is 5.75 Å². The third-order valence-electron chi connectivity index (χ3n) is 2.66. The third-order valence-corrected chi connectivity index (χ3v) is 2.66. The molecule has 0 aliphatic rings. The molecule has 0 spiro atoms. The van der Waals surface area contributed by atoms with Crippen molar-refractivity contribution in [1.29, 1.82) is 0 Å². The molecule has 9 heteroatoms. The van der Waals surface area contributed by atoms with Crippen LogP contribution in [-0.4, -0.2) is 31.0 Å². The number of nitrogens with one attached hydrogen (secondary N) is 1. The third kappa shape index (κ3) is 2.31. The van der Waals surface area contributed by atoms with Gasteiger partial charge in [-0.1, -0.05) is 6.07 Å². The number of rotatable bonds is 2. The second-order valence-corrected chi connectivity index (χ2v) is 4.01. The molecule has 3 aromatic rings. The minimum atomic E-state index is -1.50. The molecule has 21 heavy (non-hydrogen) atoms. The van der Waals surface area contributed by atoms with E-state index in [-0.39, 0.29) is 22.6 Å². The minimum absolute atomic E-state index is 0.0567. The van der Waals surface area contributed by atoms with Crippen LogP contribution in [0.1, 0.15) is 0 Å². The van der Waals surface area contributed by atoms with Crippen molar-refractivity contribution in [2.45, 2.75) is 0 Å². The zero-order chi connectivity index (χ0) is 15.0. The molecular weight excluding hydrogens is 283 g/mol. The normalized spacial score (nSPS) is 10.7. The van der Waals surface area contributed by atoms with Crippen molar-refractivity contribution in [3.05, 3.63) is 46.8 Å². The summed E-state index contributed by atoms with van der Waals surface area (Å²) in [6.07, 6.45) is 0.819. The van der Waals surface area contributed by atoms with Gasteiger partial charge in [0.25, 0.3) is 5.56 Å². The fraction of sp³-hybridized carbons (Fsp3) is 0. The Morgan fingerprint density at radius 2 is 2.24 bits per heavy atom. The van der Waals surface area contributed by atoms with Crippen LogP contribution in [0.2, 0.25) is 0 Å². The average Bonchev–Trinajstić information content (AvgIpc) is 2.87. The summed E-state index contributed by atoms with van der Waals surface area (Å²) in [5.74, 6) is -0.759. The van der Waals surface area contributed by atoms with Crippen LogP contribution < -0.4 is 10.3 Å². The first kappa shape index (κ1) is 12.8. The van der Waals surface area contributed by atoms with Gasteiger partial charge in [-0.25, -0.2) is 18.9 Å². The molecule has 0 radical (unpaired) electrons. The largest absolute Gasteiger partial charge is 0.511 e. The van der Waals surface area contributed by atoms with Crippen LogP contribution in [0.15, 0.2) is 35.4 Å². The van der Waals surface area contributed by atoms with E-state index in [4.69, 9.17) is 5.11 Å². The van der Waals surface area contributed by atoms with Gasteiger partial charge in [0.1, 0.15) is 11.3 Å². The molecule has 0 saturated carbocycles. The lowest BCUT2D eigenvalue weighted by Gasteiger charge is -2.02. The van der Waals surface area contributed by atoms with Gasteiger partial charge in [-0.3, -0.25) is 9.78 Å². The van der Waals surface area contributed by atoms with Crippen LogP contribution in [0.25, 0.3) is 16.9 Å². The van der Waals surface area contributed by atoms with Gasteiger partial charge in [-0.2, -0.15) is 5.10 Å². The first-order valence-corrected chi connectivity index (χ1v) is 5.69. The quantitative estimate of drug-likeness (QED) is 0.688. The molecule has 2 aromatic heterocycles. The van der Waals surface area contributed by atoms with E-state index in [1.165, 1.54) is 24.4 Å². The number of carboxylic acid groups (broad SMARTS) is 1. The fourth-order valence-corrected chi connectivity index (χ4v) is 1.80. The number of hydrogen-bond donors (Lipinski definition) is 2. The fourth-order valence-electron chi connectivity index (χ4n) is 1.80. The molecule has 0 amide bonds. The van der Waals surface area contributed by atoms with Crippen LogP contribution >= 0.6 is 0 Å². The summed E-state index contributed by atoms with van der Waals surface area (Å²) in [6, 6.07) is 4.03. The van der Waals surface area contributed by atoms with Crippen LogP contribution in [0.3, 0.4) is 0 Å². The molecule has 0 bridgehead atoms. The lowest BCUT2D eigenvalue weighted by molar-refractivity contribution is 0.144. The van der Waals surface area contributed by atoms with E-state index < -0.39 is 17.5 Å². The standard InChI is InChI=1S/C12H7FN4O4/c13-8-3-1-2-7-9(8)15-11(16-10(7)18)17-5-6(4-14-17)21-12(19)20/h1-5H,(H,19,20)(H,15,16,18). The van der Waals surface area contributed by atoms with Crippen molar-refractivity contribution in [3.8, 4) is 11.7 Å². The SMILES string of the molecule is O=C(O)Oc1cnn(-c2nc3c(F)cccc3c(=O)[nH]2)c1. The number of H-pyrrole nitrogens is 1. The molecule has 0 aliphatic carbocycles. The zero-order valence-corrected chi connectivity index (χ0v) is 10.3. The van der Waals surface area contributed by atoms with E-state index in [0.717, 1.165) is 10.9 Å². The number of hydrogen-bond acceptors (Lipinski definition) is 5. The highest BCUT2D eigenvalue weighted by molar-refractivity contribution is 5.78. The number of halogens is 1. The Balaban J connectivity index is 2.12. The predicted octanol–water partition coefficient (Wildman–Crippen LogP) is 1.30. The van der Waals surface area contributed by atoms with Crippen molar-refractivity contribution >= 4 is 17.1 Å². The number of carbonyl (C=O) groups is 1. The predicted molar refractivity (Wildman–Crippen MR) is 68.1 cm³/mol. The molecule has 0 atom stereocenters. The summed E-state index contributed by atoms with van der Waals surface area (Å²) >= 11 is 0. The number of aromatic amines is 1. The summed E-state index contributed by atoms with van der Waals surface area (Å²) in [5, 5.41) is 12.4. The second kappa shape index (κ2) is 4.71. The van der Waals surface area contributed by atoms with Crippen molar-refractivity contribution in [1.82, 2.24) is 19.7 Å². The van der Waals surface area contributed by atoms with Gasteiger partial charge in [0.05, 0.1) is 17.8 Å². The van der Waals surface area contributed by atoms with Crippen molar-refractivity contribution in [3.63, 3.8) is 0 Å². The van der Waals surface area contributed by atoms with Gasteiger partial charge in [0, 0.05) is 0 Å². The molecule has 2 N–H and O–H groups in total.